The van der Waals surface area contributed by atoms with Crippen molar-refractivity contribution in [3.8, 4) is 0 Å². The summed E-state index contributed by atoms with van der Waals surface area (Å²) < 4.78 is 13.0. The van der Waals surface area contributed by atoms with Gasteiger partial charge in [-0.25, -0.2) is 4.39 Å². The molecule has 0 aromatic heterocycles. The monoisotopic (exact) mass is 269 g/mol. The van der Waals surface area contributed by atoms with E-state index in [-0.39, 0.29) is 11.9 Å². The van der Waals surface area contributed by atoms with Crippen LogP contribution in [0.15, 0.2) is 18.2 Å². The van der Waals surface area contributed by atoms with E-state index in [9.17, 15) is 9.50 Å². The molecule has 2 fully saturated rings. The normalized spacial score (nSPS) is 31.8. The maximum absolute atomic E-state index is 13.0. The van der Waals surface area contributed by atoms with Crippen molar-refractivity contribution in [1.82, 2.24) is 4.90 Å². The third-order valence-corrected chi connectivity index (χ3v) is 4.66. The van der Waals surface area contributed by atoms with Crippen LogP contribution >= 0.6 is 11.6 Å². The van der Waals surface area contributed by atoms with Gasteiger partial charge in [0.2, 0.25) is 0 Å². The zero-order valence-electron chi connectivity index (χ0n) is 10.1. The molecule has 1 aliphatic carbocycles. The average molecular weight is 270 g/mol. The molecule has 0 bridgehead atoms. The predicted octanol–water partition coefficient (Wildman–Crippen LogP) is 2.68. The number of aliphatic hydroxyl groups excluding tert-OH is 1. The lowest BCUT2D eigenvalue weighted by atomic mass is 10.00. The highest BCUT2D eigenvalue weighted by atomic mass is 35.5. The van der Waals surface area contributed by atoms with Gasteiger partial charge in [-0.3, -0.25) is 4.90 Å². The molecular weight excluding hydrogens is 253 g/mol. The number of fused-ring (bicyclic) bond motifs is 1. The molecule has 98 valence electrons. The average Bonchev–Trinajstić information content (AvgIpc) is 2.86. The van der Waals surface area contributed by atoms with Gasteiger partial charge in [-0.1, -0.05) is 17.7 Å². The summed E-state index contributed by atoms with van der Waals surface area (Å²) in [5, 5.41) is 10.4. The Kier molecular flexibility index (Phi) is 3.31. The zero-order chi connectivity index (χ0) is 12.7. The van der Waals surface area contributed by atoms with Gasteiger partial charge < -0.3 is 5.11 Å². The van der Waals surface area contributed by atoms with Crippen molar-refractivity contribution >= 4 is 11.6 Å². The fraction of sp³-hybridized carbons (Fsp3) is 0.571. The maximum atomic E-state index is 13.0. The van der Waals surface area contributed by atoms with Gasteiger partial charge in [-0.15, -0.1) is 0 Å². The lowest BCUT2D eigenvalue weighted by Gasteiger charge is -2.18. The van der Waals surface area contributed by atoms with Gasteiger partial charge in [-0.2, -0.15) is 0 Å². The number of hydrogen-bond donors (Lipinski definition) is 1. The smallest absolute Gasteiger partial charge is 0.124 e. The lowest BCUT2D eigenvalue weighted by Crippen LogP contribution is -2.24. The second-order valence-corrected chi connectivity index (χ2v) is 5.91. The minimum Gasteiger partial charge on any atom is -0.393 e. The van der Waals surface area contributed by atoms with E-state index in [2.05, 4.69) is 4.90 Å². The molecule has 0 radical (unpaired) electrons. The second kappa shape index (κ2) is 4.80. The molecule has 2 aliphatic rings. The summed E-state index contributed by atoms with van der Waals surface area (Å²) in [7, 11) is 0. The highest BCUT2D eigenvalue weighted by Crippen LogP contribution is 2.38. The number of aliphatic hydroxyl groups is 1. The quantitative estimate of drug-likeness (QED) is 0.892. The van der Waals surface area contributed by atoms with E-state index >= 15 is 0 Å². The predicted molar refractivity (Wildman–Crippen MR) is 68.9 cm³/mol. The molecule has 3 atom stereocenters. The Bertz CT molecular complexity index is 453. The van der Waals surface area contributed by atoms with Gasteiger partial charge in [0.25, 0.3) is 0 Å². The van der Waals surface area contributed by atoms with Gasteiger partial charge >= 0.3 is 0 Å². The van der Waals surface area contributed by atoms with Gasteiger partial charge in [0.1, 0.15) is 5.82 Å². The van der Waals surface area contributed by atoms with Crippen LogP contribution < -0.4 is 0 Å². The summed E-state index contributed by atoms with van der Waals surface area (Å²) in [6.07, 6.45) is 1.93. The van der Waals surface area contributed by atoms with Crippen molar-refractivity contribution in [1.29, 1.82) is 0 Å². The van der Waals surface area contributed by atoms with E-state index < -0.39 is 0 Å². The molecule has 1 saturated carbocycles. The Morgan fingerprint density at radius 1 is 1.33 bits per heavy atom. The van der Waals surface area contributed by atoms with Crippen LogP contribution in [0.4, 0.5) is 4.39 Å². The van der Waals surface area contributed by atoms with Gasteiger partial charge in [0, 0.05) is 30.6 Å². The van der Waals surface area contributed by atoms with Crippen molar-refractivity contribution < 1.29 is 9.50 Å². The standard InChI is InChI=1S/C14H17ClFNO/c15-13-5-11(16)3-1-10(13)7-17-6-9-2-4-14(18)12(9)8-17/h1,3,5,9,12,14,18H,2,4,6-8H2. The van der Waals surface area contributed by atoms with E-state index in [4.69, 9.17) is 11.6 Å². The summed E-state index contributed by atoms with van der Waals surface area (Å²) in [6.45, 7) is 2.70. The first-order valence-electron chi connectivity index (χ1n) is 6.48. The van der Waals surface area contributed by atoms with Crippen LogP contribution in [0.25, 0.3) is 0 Å². The van der Waals surface area contributed by atoms with Crippen molar-refractivity contribution in [3.63, 3.8) is 0 Å². The first-order chi connectivity index (χ1) is 8.63. The third-order valence-electron chi connectivity index (χ3n) is 4.30. The molecule has 1 aromatic carbocycles. The Morgan fingerprint density at radius 2 is 2.17 bits per heavy atom. The molecule has 0 amide bonds. The molecule has 1 aliphatic heterocycles. The van der Waals surface area contributed by atoms with Crippen molar-refractivity contribution in [3.05, 3.63) is 34.6 Å². The molecule has 0 spiro atoms. The highest BCUT2D eigenvalue weighted by molar-refractivity contribution is 6.31. The number of benzene rings is 1. The van der Waals surface area contributed by atoms with Gasteiger partial charge in [-0.05, 0) is 36.5 Å². The molecule has 1 N–H and O–H groups in total. The highest BCUT2D eigenvalue weighted by Gasteiger charge is 2.41. The molecule has 1 aromatic rings. The van der Waals surface area contributed by atoms with E-state index in [1.807, 2.05) is 0 Å². The molecule has 1 saturated heterocycles. The molecule has 3 rings (SSSR count). The van der Waals surface area contributed by atoms with E-state index in [0.29, 0.717) is 16.9 Å². The largest absolute Gasteiger partial charge is 0.393 e. The van der Waals surface area contributed by atoms with Crippen LogP contribution in [-0.2, 0) is 6.54 Å². The Morgan fingerprint density at radius 3 is 2.89 bits per heavy atom. The van der Waals surface area contributed by atoms with Crippen LogP contribution in [0.2, 0.25) is 5.02 Å². The molecule has 18 heavy (non-hydrogen) atoms. The van der Waals surface area contributed by atoms with E-state index in [1.165, 1.54) is 12.1 Å². The minimum atomic E-state index is -0.294. The van der Waals surface area contributed by atoms with Crippen molar-refractivity contribution in [2.75, 3.05) is 13.1 Å². The number of halogens is 2. The van der Waals surface area contributed by atoms with Crippen LogP contribution in [-0.4, -0.2) is 29.2 Å². The second-order valence-electron chi connectivity index (χ2n) is 5.50. The van der Waals surface area contributed by atoms with E-state index in [1.54, 1.807) is 6.07 Å². The first kappa shape index (κ1) is 12.4. The van der Waals surface area contributed by atoms with E-state index in [0.717, 1.165) is 38.0 Å². The summed E-state index contributed by atoms with van der Waals surface area (Å²) in [5.41, 5.74) is 0.965. The minimum absolute atomic E-state index is 0.135. The number of rotatable bonds is 2. The molecule has 3 unspecified atom stereocenters. The third kappa shape index (κ3) is 2.27. The maximum Gasteiger partial charge on any atom is 0.124 e. The molecule has 4 heteroatoms. The molecule has 2 nitrogen and oxygen atoms in total. The zero-order valence-corrected chi connectivity index (χ0v) is 10.9. The SMILES string of the molecule is OC1CCC2CN(Cc3ccc(F)cc3Cl)CC12. The van der Waals surface area contributed by atoms with Crippen molar-refractivity contribution in [2.24, 2.45) is 11.8 Å². The number of hydrogen-bond acceptors (Lipinski definition) is 2. The van der Waals surface area contributed by atoms with Crippen LogP contribution in [0.1, 0.15) is 18.4 Å². The molecule has 1 heterocycles. The summed E-state index contributed by atoms with van der Waals surface area (Å²) in [4.78, 5) is 2.32. The number of likely N-dealkylation sites (tertiary alicyclic amines) is 1. The van der Waals surface area contributed by atoms with Crippen LogP contribution in [0.5, 0.6) is 0 Å². The summed E-state index contributed by atoms with van der Waals surface area (Å²) in [6, 6.07) is 4.57. The fourth-order valence-corrected chi connectivity index (χ4v) is 3.58. The Hall–Kier alpha value is -0.640. The first-order valence-corrected chi connectivity index (χ1v) is 6.85. The van der Waals surface area contributed by atoms with Crippen molar-refractivity contribution in [2.45, 2.75) is 25.5 Å². The summed E-state index contributed by atoms with van der Waals surface area (Å²) >= 11 is 6.04. The fourth-order valence-electron chi connectivity index (χ4n) is 3.35. The van der Waals surface area contributed by atoms with Crippen LogP contribution in [0.3, 0.4) is 0 Å². The van der Waals surface area contributed by atoms with Gasteiger partial charge in [0.15, 0.2) is 0 Å². The summed E-state index contributed by atoms with van der Waals surface area (Å²) in [5.74, 6) is 0.751. The Labute approximate surface area is 111 Å². The Balaban J connectivity index is 1.68. The van der Waals surface area contributed by atoms with Gasteiger partial charge in [0.05, 0.1) is 6.10 Å². The molecular formula is C14H17ClFNO. The topological polar surface area (TPSA) is 23.5 Å². The lowest BCUT2D eigenvalue weighted by molar-refractivity contribution is 0.123. The number of nitrogens with zero attached hydrogens (tertiary/aromatic N) is 1. The van der Waals surface area contributed by atoms with Crippen LogP contribution in [0, 0.1) is 17.7 Å².